The zero-order valence-electron chi connectivity index (χ0n) is 12.5. The van der Waals surface area contributed by atoms with E-state index in [0.29, 0.717) is 0 Å². The van der Waals surface area contributed by atoms with Crippen LogP contribution in [0, 0.1) is 6.92 Å². The molecule has 0 unspecified atom stereocenters. The molecule has 1 N–H and O–H groups in total. The summed E-state index contributed by atoms with van der Waals surface area (Å²) in [5.74, 6) is 0.908. The van der Waals surface area contributed by atoms with Crippen LogP contribution in [0.3, 0.4) is 0 Å². The van der Waals surface area contributed by atoms with Crippen molar-refractivity contribution in [2.24, 2.45) is 0 Å². The number of aromatic nitrogens is 3. The summed E-state index contributed by atoms with van der Waals surface area (Å²) in [6.07, 6.45) is 5.00. The number of benzene rings is 1. The number of rotatable bonds is 5. The molecule has 3 rings (SSSR count). The molecule has 0 radical (unpaired) electrons. The Kier molecular flexibility index (Phi) is 3.97. The van der Waals surface area contributed by atoms with Gasteiger partial charge in [0, 0.05) is 23.7 Å². The summed E-state index contributed by atoms with van der Waals surface area (Å²) in [7, 11) is 0. The summed E-state index contributed by atoms with van der Waals surface area (Å²) < 4.78 is 1.87. The molecular weight excluding hydrogens is 260 g/mol. The minimum Gasteiger partial charge on any atom is -0.313 e. The zero-order chi connectivity index (χ0) is 14.7. The third kappa shape index (κ3) is 2.95. The van der Waals surface area contributed by atoms with Crippen LogP contribution in [0.15, 0.2) is 42.7 Å². The van der Waals surface area contributed by atoms with Gasteiger partial charge < -0.3 is 5.32 Å². The Hall–Kier alpha value is -2.20. The second-order valence-corrected chi connectivity index (χ2v) is 5.30. The molecule has 0 aliphatic carbocycles. The normalized spacial score (nSPS) is 11.1. The van der Waals surface area contributed by atoms with Gasteiger partial charge in [0.25, 0.3) is 0 Å². The maximum Gasteiger partial charge on any atom is 0.158 e. The third-order valence-electron chi connectivity index (χ3n) is 3.45. The predicted molar refractivity (Wildman–Crippen MR) is 85.6 cm³/mol. The molecule has 0 bridgehead atoms. The summed E-state index contributed by atoms with van der Waals surface area (Å²) in [6.45, 7) is 6.02. The number of pyridine rings is 1. The van der Waals surface area contributed by atoms with Gasteiger partial charge >= 0.3 is 0 Å². The Morgan fingerprint density at radius 3 is 2.86 bits per heavy atom. The summed E-state index contributed by atoms with van der Waals surface area (Å²) in [5.41, 5.74) is 3.31. The minimum atomic E-state index is 0.805. The Morgan fingerprint density at radius 2 is 2.10 bits per heavy atom. The van der Waals surface area contributed by atoms with Crippen LogP contribution < -0.4 is 5.32 Å². The number of nitrogens with zero attached hydrogens (tertiary/aromatic N) is 3. The quantitative estimate of drug-likeness (QED) is 0.730. The van der Waals surface area contributed by atoms with Crippen molar-refractivity contribution >= 4 is 10.9 Å². The van der Waals surface area contributed by atoms with E-state index < -0.39 is 0 Å². The van der Waals surface area contributed by atoms with E-state index in [0.717, 1.165) is 36.4 Å². The number of nitrogens with one attached hydrogen (secondary N) is 1. The van der Waals surface area contributed by atoms with Gasteiger partial charge in [0.1, 0.15) is 0 Å². The zero-order valence-corrected chi connectivity index (χ0v) is 12.5. The lowest BCUT2D eigenvalue weighted by atomic mass is 10.1. The Bertz CT molecular complexity index is 745. The van der Waals surface area contributed by atoms with E-state index in [-0.39, 0.29) is 0 Å². The van der Waals surface area contributed by atoms with E-state index in [2.05, 4.69) is 29.5 Å². The molecule has 0 saturated carbocycles. The van der Waals surface area contributed by atoms with Gasteiger partial charge in [-0.2, -0.15) is 5.10 Å². The Balaban J connectivity index is 2.07. The van der Waals surface area contributed by atoms with Crippen LogP contribution in [0.4, 0.5) is 0 Å². The average molecular weight is 280 g/mol. The van der Waals surface area contributed by atoms with Crippen molar-refractivity contribution in [3.8, 4) is 5.82 Å². The minimum absolute atomic E-state index is 0.805. The van der Waals surface area contributed by atoms with Gasteiger partial charge in [0.15, 0.2) is 5.82 Å². The fourth-order valence-electron chi connectivity index (χ4n) is 2.41. The number of fused-ring (bicyclic) bond motifs is 1. The second-order valence-electron chi connectivity index (χ2n) is 5.30. The maximum absolute atomic E-state index is 4.80. The van der Waals surface area contributed by atoms with E-state index >= 15 is 0 Å². The smallest absolute Gasteiger partial charge is 0.158 e. The van der Waals surface area contributed by atoms with Crippen LogP contribution in [0.25, 0.3) is 16.7 Å². The topological polar surface area (TPSA) is 42.7 Å². The Labute approximate surface area is 124 Å². The third-order valence-corrected chi connectivity index (χ3v) is 3.45. The maximum atomic E-state index is 4.80. The van der Waals surface area contributed by atoms with Crippen molar-refractivity contribution < 1.29 is 0 Å². The highest BCUT2D eigenvalue weighted by Crippen LogP contribution is 2.19. The van der Waals surface area contributed by atoms with Crippen LogP contribution in [0.2, 0.25) is 0 Å². The first-order chi connectivity index (χ1) is 10.3. The number of hydrogen-bond acceptors (Lipinski definition) is 3. The van der Waals surface area contributed by atoms with Gasteiger partial charge in [-0.1, -0.05) is 25.1 Å². The Morgan fingerprint density at radius 1 is 1.24 bits per heavy atom. The molecule has 21 heavy (non-hydrogen) atoms. The molecule has 2 heterocycles. The second kappa shape index (κ2) is 6.06. The molecule has 2 aromatic heterocycles. The van der Waals surface area contributed by atoms with Gasteiger partial charge in [0.2, 0.25) is 0 Å². The van der Waals surface area contributed by atoms with Gasteiger partial charge in [-0.15, -0.1) is 0 Å². The first-order valence-corrected chi connectivity index (χ1v) is 7.39. The molecule has 0 fully saturated rings. The average Bonchev–Trinajstić information content (AvgIpc) is 2.93. The van der Waals surface area contributed by atoms with Gasteiger partial charge in [-0.3, -0.25) is 0 Å². The summed E-state index contributed by atoms with van der Waals surface area (Å²) >= 11 is 0. The summed E-state index contributed by atoms with van der Waals surface area (Å²) in [6, 6.07) is 10.4. The number of aryl methyl sites for hydroxylation is 1. The lowest BCUT2D eigenvalue weighted by Gasteiger charge is -2.11. The highest BCUT2D eigenvalue weighted by atomic mass is 15.3. The van der Waals surface area contributed by atoms with E-state index in [9.17, 15) is 0 Å². The van der Waals surface area contributed by atoms with E-state index in [4.69, 9.17) is 4.98 Å². The molecule has 0 saturated heterocycles. The summed E-state index contributed by atoms with van der Waals surface area (Å²) in [4.78, 5) is 4.80. The van der Waals surface area contributed by atoms with Crippen molar-refractivity contribution in [2.75, 3.05) is 6.54 Å². The van der Waals surface area contributed by atoms with Crippen molar-refractivity contribution in [1.82, 2.24) is 20.1 Å². The monoisotopic (exact) mass is 280 g/mol. The van der Waals surface area contributed by atoms with Crippen LogP contribution in [0.5, 0.6) is 0 Å². The molecule has 3 aromatic rings. The molecule has 0 aliphatic heterocycles. The molecule has 4 heteroatoms. The molecule has 0 amide bonds. The number of para-hydroxylation sites is 1. The van der Waals surface area contributed by atoms with Crippen LogP contribution >= 0.6 is 0 Å². The van der Waals surface area contributed by atoms with Gasteiger partial charge in [-0.05, 0) is 37.6 Å². The SMILES string of the molecule is CCCNCc1cc2ccccc2nc1-n1cc(C)cn1. The van der Waals surface area contributed by atoms with E-state index in [1.54, 1.807) is 0 Å². The standard InChI is InChI=1S/C17H20N4/c1-3-8-18-11-15-9-14-6-4-5-7-16(14)20-17(15)21-12-13(2)10-19-21/h4-7,9-10,12,18H,3,8,11H2,1-2H3. The molecular formula is C17H20N4. The molecule has 0 aliphatic rings. The van der Waals surface area contributed by atoms with E-state index in [1.807, 2.05) is 42.2 Å². The predicted octanol–water partition coefficient (Wildman–Crippen LogP) is 3.23. The van der Waals surface area contributed by atoms with Crippen LogP contribution in [-0.2, 0) is 6.54 Å². The van der Waals surface area contributed by atoms with E-state index in [1.165, 1.54) is 10.9 Å². The fraction of sp³-hybridized carbons (Fsp3) is 0.294. The molecule has 1 aromatic carbocycles. The van der Waals surface area contributed by atoms with Crippen molar-refractivity contribution in [1.29, 1.82) is 0 Å². The van der Waals surface area contributed by atoms with Crippen LogP contribution in [0.1, 0.15) is 24.5 Å². The molecule has 0 spiro atoms. The highest BCUT2D eigenvalue weighted by Gasteiger charge is 2.09. The first kappa shape index (κ1) is 13.8. The van der Waals surface area contributed by atoms with Gasteiger partial charge in [0.05, 0.1) is 11.7 Å². The largest absolute Gasteiger partial charge is 0.313 e. The lowest BCUT2D eigenvalue weighted by molar-refractivity contribution is 0.668. The highest BCUT2D eigenvalue weighted by molar-refractivity contribution is 5.80. The summed E-state index contributed by atoms with van der Waals surface area (Å²) in [5, 5.41) is 9.03. The van der Waals surface area contributed by atoms with Crippen LogP contribution in [-0.4, -0.2) is 21.3 Å². The molecule has 108 valence electrons. The van der Waals surface area contributed by atoms with Gasteiger partial charge in [-0.25, -0.2) is 9.67 Å². The fourth-order valence-corrected chi connectivity index (χ4v) is 2.41. The molecule has 0 atom stereocenters. The van der Waals surface area contributed by atoms with Crippen molar-refractivity contribution in [3.63, 3.8) is 0 Å². The first-order valence-electron chi connectivity index (χ1n) is 7.39. The molecule has 4 nitrogen and oxygen atoms in total. The van der Waals surface area contributed by atoms with Crippen molar-refractivity contribution in [3.05, 3.63) is 53.9 Å². The van der Waals surface area contributed by atoms with Crippen molar-refractivity contribution in [2.45, 2.75) is 26.8 Å². The number of hydrogen-bond donors (Lipinski definition) is 1. The lowest BCUT2D eigenvalue weighted by Crippen LogP contribution is -2.16.